The molecule has 5 N–H and O–H groups in total. The van der Waals surface area contributed by atoms with Gasteiger partial charge in [-0.3, -0.25) is 28.8 Å². The van der Waals surface area contributed by atoms with Crippen molar-refractivity contribution in [2.45, 2.75) is 70.1 Å². The number of hydrogen-bond acceptors (Lipinski definition) is 13. The minimum Gasteiger partial charge on any atom is -0.384 e. The van der Waals surface area contributed by atoms with Gasteiger partial charge in [-0.25, -0.2) is 14.8 Å². The van der Waals surface area contributed by atoms with Crippen LogP contribution in [-0.4, -0.2) is 104 Å². The molecule has 3 aliphatic rings. The molecule has 3 aliphatic heterocycles. The van der Waals surface area contributed by atoms with Crippen LogP contribution in [0.1, 0.15) is 74.5 Å². The number of rotatable bonds is 14. The molecule has 0 radical (unpaired) electrons. The van der Waals surface area contributed by atoms with Crippen molar-refractivity contribution in [3.8, 4) is 0 Å². The number of hydrogen-bond donors (Lipinski definition) is 5. The maximum Gasteiger partial charge on any atom is 0.329 e. The lowest BCUT2D eigenvalue weighted by Crippen LogP contribution is -2.46. The van der Waals surface area contributed by atoms with Crippen molar-refractivity contribution >= 4 is 63.4 Å². The normalized spacial score (nSPS) is 17.8. The number of carbonyl (C=O) groups is 3. The van der Waals surface area contributed by atoms with Gasteiger partial charge >= 0.3 is 5.69 Å². The Morgan fingerprint density at radius 3 is 2.36 bits per heavy atom. The molecule has 6 heterocycles. The lowest BCUT2D eigenvalue weighted by Gasteiger charge is -2.41. The molecule has 3 amide bonds. The first-order valence-corrected chi connectivity index (χ1v) is 22.1. The topological polar surface area (TPSA) is 195 Å². The lowest BCUT2D eigenvalue weighted by atomic mass is 9.94. The quantitative estimate of drug-likeness (QED) is 0.0744. The van der Waals surface area contributed by atoms with Crippen molar-refractivity contribution in [1.29, 1.82) is 0 Å². The van der Waals surface area contributed by atoms with Crippen LogP contribution in [0.5, 0.6) is 0 Å². The first-order valence-electron chi connectivity index (χ1n) is 22.1. The van der Waals surface area contributed by atoms with Gasteiger partial charge in [0.25, 0.3) is 5.91 Å². The van der Waals surface area contributed by atoms with E-state index in [9.17, 15) is 24.3 Å². The van der Waals surface area contributed by atoms with E-state index >= 15 is 0 Å². The summed E-state index contributed by atoms with van der Waals surface area (Å²) in [6.45, 7) is 12.0. The third-order valence-corrected chi connectivity index (χ3v) is 12.7. The summed E-state index contributed by atoms with van der Waals surface area (Å²) in [6, 6.07) is 19.1. The van der Waals surface area contributed by atoms with Gasteiger partial charge in [0, 0.05) is 76.4 Å². The van der Waals surface area contributed by atoms with Gasteiger partial charge in [0.1, 0.15) is 28.8 Å². The maximum atomic E-state index is 13.5. The largest absolute Gasteiger partial charge is 0.384 e. The van der Waals surface area contributed by atoms with E-state index in [4.69, 9.17) is 0 Å². The molecular weight excluding hydrogens is 813 g/mol. The van der Waals surface area contributed by atoms with Crippen LogP contribution in [-0.2, 0) is 22.2 Å². The van der Waals surface area contributed by atoms with Crippen molar-refractivity contribution in [3.63, 3.8) is 0 Å². The van der Waals surface area contributed by atoms with Crippen LogP contribution in [0.3, 0.4) is 0 Å². The van der Waals surface area contributed by atoms with E-state index in [2.05, 4.69) is 82.7 Å². The number of nitrogens with zero attached hydrogens (tertiary/aromatic N) is 8. The number of anilines is 6. The van der Waals surface area contributed by atoms with Gasteiger partial charge < -0.3 is 35.8 Å². The van der Waals surface area contributed by atoms with Crippen LogP contribution in [0.15, 0.2) is 84.3 Å². The molecule has 17 heteroatoms. The van der Waals surface area contributed by atoms with E-state index in [-0.39, 0.29) is 41.9 Å². The van der Waals surface area contributed by atoms with Crippen LogP contribution in [0.4, 0.5) is 34.6 Å². The third kappa shape index (κ3) is 9.50. The van der Waals surface area contributed by atoms with Gasteiger partial charge in [-0.15, -0.1) is 6.58 Å². The number of aryl methyl sites for hydroxylation is 1. The van der Waals surface area contributed by atoms with Crippen molar-refractivity contribution in [2.24, 2.45) is 13.0 Å². The van der Waals surface area contributed by atoms with Crippen LogP contribution >= 0.6 is 0 Å². The van der Waals surface area contributed by atoms with Crippen molar-refractivity contribution in [3.05, 3.63) is 101 Å². The Morgan fingerprint density at radius 1 is 0.938 bits per heavy atom. The summed E-state index contributed by atoms with van der Waals surface area (Å²) in [5.74, 6) is 0.501. The minimum absolute atomic E-state index is 0.212. The van der Waals surface area contributed by atoms with Crippen molar-refractivity contribution in [1.82, 2.24) is 39.6 Å². The number of aromatic nitrogens is 5. The molecule has 3 fully saturated rings. The van der Waals surface area contributed by atoms with E-state index < -0.39 is 17.6 Å². The Kier molecular flexibility index (Phi) is 12.8. The summed E-state index contributed by atoms with van der Waals surface area (Å²) < 4.78 is 3.20. The highest BCUT2D eigenvalue weighted by atomic mass is 16.3. The Bertz CT molecular complexity index is 2580. The summed E-state index contributed by atoms with van der Waals surface area (Å²) in [6.07, 6.45) is 7.82. The second-order valence-corrected chi connectivity index (χ2v) is 17.6. The number of carbonyl (C=O) groups excluding carboxylic acids is 3. The van der Waals surface area contributed by atoms with Crippen LogP contribution < -0.4 is 36.8 Å². The number of aliphatic hydroxyl groups is 1. The van der Waals surface area contributed by atoms with Crippen molar-refractivity contribution in [2.75, 3.05) is 66.7 Å². The van der Waals surface area contributed by atoms with Gasteiger partial charge in [-0.1, -0.05) is 18.2 Å². The molecule has 8 rings (SSSR count). The Balaban J connectivity index is 0.842. The average Bonchev–Trinajstić information content (AvgIpc) is 3.54. The number of pyridine rings is 1. The Hall–Kier alpha value is -6.59. The molecular formula is C47H58N12O5. The zero-order valence-corrected chi connectivity index (χ0v) is 37.0. The number of para-hydroxylation sites is 1. The Morgan fingerprint density at radius 2 is 1.66 bits per heavy atom. The summed E-state index contributed by atoms with van der Waals surface area (Å²) in [5.41, 5.74) is 3.80. The highest BCUT2D eigenvalue weighted by molar-refractivity contribution is 6.01. The van der Waals surface area contributed by atoms with E-state index in [0.717, 1.165) is 86.5 Å². The van der Waals surface area contributed by atoms with Gasteiger partial charge in [0.15, 0.2) is 0 Å². The lowest BCUT2D eigenvalue weighted by molar-refractivity contribution is -0.135. The fourth-order valence-electron chi connectivity index (χ4n) is 9.19. The first-order chi connectivity index (χ1) is 30.8. The van der Waals surface area contributed by atoms with Crippen molar-refractivity contribution < 1.29 is 19.5 Å². The van der Waals surface area contributed by atoms with Crippen LogP contribution in [0.2, 0.25) is 0 Å². The number of benzene rings is 2. The average molecular weight is 871 g/mol. The summed E-state index contributed by atoms with van der Waals surface area (Å²) in [7, 11) is 4.01. The molecule has 17 nitrogen and oxygen atoms in total. The Labute approximate surface area is 372 Å². The van der Waals surface area contributed by atoms with E-state index in [1.807, 2.05) is 24.3 Å². The van der Waals surface area contributed by atoms with E-state index in [1.54, 1.807) is 54.3 Å². The number of imide groups is 1. The van der Waals surface area contributed by atoms with Gasteiger partial charge in [-0.2, -0.15) is 4.98 Å². The predicted octanol–water partition coefficient (Wildman–Crippen LogP) is 4.95. The predicted molar refractivity (Wildman–Crippen MR) is 248 cm³/mol. The number of amides is 3. The molecule has 0 saturated carbocycles. The SMILES string of the molecule is C=CCNC(=O)c1cnc(Nc2ccc(N3CCC(CN(C)C4CCN(c5cccc6c5n(C)c(=O)n6C5CCC(=O)NC5=O)CC4)CC3)cc2)nc1Nc1cccc(C(C)(C)O)n1. The summed E-state index contributed by atoms with van der Waals surface area (Å²) in [5, 5.41) is 22.1. The molecule has 5 aromatic rings. The van der Waals surface area contributed by atoms with Gasteiger partial charge in [0.05, 0.1) is 22.4 Å². The molecule has 3 aromatic heterocycles. The fourth-order valence-corrected chi connectivity index (χ4v) is 9.19. The standard InChI is InChI=1S/C47H58N12O5/c1-6-23-48-43(61)34-28-49-45(54-42(34)52-39-12-8-11-38(51-39)47(2,3)64)50-31-13-15-33(16-14-31)57-24-19-30(20-25-57)29-55(4)32-21-26-58(27-22-32)35-9-7-10-36-41(35)56(5)46(63)59(36)37-17-18-40(60)53-44(37)62/h6-16,28,30,32,37,64H,1,17-27,29H2,2-5H3,(H,48,61)(H,53,60,62)(H2,49,50,51,52,54). The minimum atomic E-state index is -1.15. The fraction of sp³-hybridized carbons (Fsp3) is 0.426. The number of nitrogens with one attached hydrogen (secondary N) is 4. The molecule has 0 bridgehead atoms. The van der Waals surface area contributed by atoms with Gasteiger partial charge in [-0.05, 0) is 107 Å². The molecule has 2 aromatic carbocycles. The molecule has 0 aliphatic carbocycles. The van der Waals surface area contributed by atoms with Crippen LogP contribution in [0.25, 0.3) is 11.0 Å². The maximum absolute atomic E-state index is 13.5. The second kappa shape index (κ2) is 18.6. The second-order valence-electron chi connectivity index (χ2n) is 17.6. The molecule has 64 heavy (non-hydrogen) atoms. The summed E-state index contributed by atoms with van der Waals surface area (Å²) >= 11 is 0. The number of fused-ring (bicyclic) bond motifs is 1. The molecule has 1 unspecified atom stereocenters. The molecule has 336 valence electrons. The molecule has 3 saturated heterocycles. The first kappa shape index (κ1) is 44.0. The number of imidazole rings is 1. The summed E-state index contributed by atoms with van der Waals surface area (Å²) in [4.78, 5) is 72.0. The number of piperidine rings is 3. The van der Waals surface area contributed by atoms with Gasteiger partial charge in [0.2, 0.25) is 17.8 Å². The molecule has 0 spiro atoms. The highest BCUT2D eigenvalue weighted by Crippen LogP contribution is 2.33. The highest BCUT2D eigenvalue weighted by Gasteiger charge is 2.33. The zero-order chi connectivity index (χ0) is 45.1. The van der Waals surface area contributed by atoms with Crippen LogP contribution in [0, 0.1) is 5.92 Å². The molecule has 1 atom stereocenters. The zero-order valence-electron chi connectivity index (χ0n) is 37.0. The monoisotopic (exact) mass is 870 g/mol. The van der Waals surface area contributed by atoms with E-state index in [0.29, 0.717) is 35.8 Å². The third-order valence-electron chi connectivity index (χ3n) is 12.7. The van der Waals surface area contributed by atoms with E-state index in [1.165, 1.54) is 6.20 Å². The smallest absolute Gasteiger partial charge is 0.329 e.